The molecule has 3 aromatic rings. The molecule has 3 aromatic carbocycles. The molecule has 204 valence electrons. The number of nitrogens with zero attached hydrogens (tertiary/aromatic N) is 1. The Hall–Kier alpha value is -4.96. The van der Waals surface area contributed by atoms with E-state index >= 15 is 0 Å². The van der Waals surface area contributed by atoms with Gasteiger partial charge in [-0.05, 0) is 68.4 Å². The summed E-state index contributed by atoms with van der Waals surface area (Å²) in [4.78, 5) is 63.9. The monoisotopic (exact) mass is 561 g/mol. The van der Waals surface area contributed by atoms with Crippen LogP contribution >= 0.6 is 11.6 Å². The van der Waals surface area contributed by atoms with Gasteiger partial charge in [0, 0.05) is 16.9 Å². The van der Waals surface area contributed by atoms with Crippen molar-refractivity contribution >= 4 is 58.3 Å². The SMILES string of the molecule is COC(=O)c1cccc(N2C(=O)C(Cl)=C(Nc3cccc(C(=O)Nc4cccc(C(=O)OC(C)C)c4)c3)C2=O)c1. The zero-order chi connectivity index (χ0) is 29.0. The zero-order valence-corrected chi connectivity index (χ0v) is 22.4. The van der Waals surface area contributed by atoms with Crippen LogP contribution in [-0.4, -0.2) is 42.9 Å². The minimum atomic E-state index is -0.777. The van der Waals surface area contributed by atoms with Gasteiger partial charge in [0.25, 0.3) is 17.7 Å². The van der Waals surface area contributed by atoms with E-state index in [1.807, 2.05) is 0 Å². The Bertz CT molecular complexity index is 1560. The highest BCUT2D eigenvalue weighted by molar-refractivity contribution is 6.53. The predicted molar refractivity (Wildman–Crippen MR) is 148 cm³/mol. The van der Waals surface area contributed by atoms with Crippen LogP contribution in [0.4, 0.5) is 17.1 Å². The van der Waals surface area contributed by atoms with Crippen molar-refractivity contribution in [3.63, 3.8) is 0 Å². The molecule has 1 aliphatic rings. The summed E-state index contributed by atoms with van der Waals surface area (Å²) in [5, 5.41) is 5.19. The van der Waals surface area contributed by atoms with Gasteiger partial charge in [-0.3, -0.25) is 14.4 Å². The number of hydrogen-bond donors (Lipinski definition) is 2. The highest BCUT2D eigenvalue weighted by atomic mass is 35.5. The van der Waals surface area contributed by atoms with E-state index in [0.29, 0.717) is 11.4 Å². The van der Waals surface area contributed by atoms with Crippen LogP contribution in [0.3, 0.4) is 0 Å². The number of carbonyl (C=O) groups excluding carboxylic acids is 5. The number of halogens is 1. The number of amides is 3. The fourth-order valence-electron chi connectivity index (χ4n) is 3.83. The molecule has 4 rings (SSSR count). The van der Waals surface area contributed by atoms with Crippen LogP contribution in [0.2, 0.25) is 0 Å². The molecule has 0 atom stereocenters. The summed E-state index contributed by atoms with van der Waals surface area (Å²) < 4.78 is 9.89. The Morgan fingerprint density at radius 2 is 1.40 bits per heavy atom. The summed E-state index contributed by atoms with van der Waals surface area (Å²) in [6.07, 6.45) is -0.288. The third-order valence-electron chi connectivity index (χ3n) is 5.65. The maximum Gasteiger partial charge on any atom is 0.338 e. The molecule has 11 heteroatoms. The molecule has 0 aromatic heterocycles. The van der Waals surface area contributed by atoms with E-state index in [1.165, 1.54) is 43.5 Å². The van der Waals surface area contributed by atoms with Gasteiger partial charge in [0.1, 0.15) is 10.7 Å². The largest absolute Gasteiger partial charge is 0.465 e. The quantitative estimate of drug-likeness (QED) is 0.298. The molecule has 0 saturated carbocycles. The van der Waals surface area contributed by atoms with E-state index in [-0.39, 0.29) is 39.2 Å². The molecule has 1 aliphatic heterocycles. The van der Waals surface area contributed by atoms with E-state index in [4.69, 9.17) is 21.1 Å². The van der Waals surface area contributed by atoms with Crippen LogP contribution in [0.5, 0.6) is 0 Å². The second-order valence-electron chi connectivity index (χ2n) is 8.87. The Morgan fingerprint density at radius 1 is 0.800 bits per heavy atom. The van der Waals surface area contributed by atoms with Gasteiger partial charge in [0.05, 0.1) is 30.0 Å². The lowest BCUT2D eigenvalue weighted by atomic mass is 10.1. The van der Waals surface area contributed by atoms with E-state index < -0.39 is 29.7 Å². The summed E-state index contributed by atoms with van der Waals surface area (Å²) in [6, 6.07) is 18.4. The van der Waals surface area contributed by atoms with Crippen molar-refractivity contribution in [3.8, 4) is 0 Å². The number of anilines is 3. The number of ether oxygens (including phenoxy) is 2. The van der Waals surface area contributed by atoms with E-state index in [0.717, 1.165) is 4.90 Å². The van der Waals surface area contributed by atoms with E-state index in [2.05, 4.69) is 10.6 Å². The molecule has 2 N–H and O–H groups in total. The number of imide groups is 1. The normalized spacial score (nSPS) is 13.0. The Labute approximate surface area is 234 Å². The minimum Gasteiger partial charge on any atom is -0.465 e. The summed E-state index contributed by atoms with van der Waals surface area (Å²) in [5.74, 6) is -3.13. The van der Waals surface area contributed by atoms with Gasteiger partial charge < -0.3 is 20.1 Å². The first-order valence-corrected chi connectivity index (χ1v) is 12.4. The van der Waals surface area contributed by atoms with Crippen LogP contribution in [-0.2, 0) is 19.1 Å². The van der Waals surface area contributed by atoms with E-state index in [1.54, 1.807) is 50.2 Å². The first kappa shape index (κ1) is 28.1. The minimum absolute atomic E-state index is 0.139. The predicted octanol–water partition coefficient (Wildman–Crippen LogP) is 4.73. The van der Waals surface area contributed by atoms with Crippen LogP contribution in [0.1, 0.15) is 44.9 Å². The van der Waals surface area contributed by atoms with Crippen LogP contribution in [0.25, 0.3) is 0 Å². The summed E-state index contributed by atoms with van der Waals surface area (Å²) in [6.45, 7) is 3.48. The van der Waals surface area contributed by atoms with Crippen molar-refractivity contribution in [1.82, 2.24) is 0 Å². The standard InChI is InChI=1S/C29H24ClN3O7/c1-16(2)40-29(38)18-8-5-11-21(14-18)32-25(34)17-7-4-10-20(13-17)31-24-23(30)26(35)33(27(24)36)22-12-6-9-19(15-22)28(37)39-3/h4-16,31H,1-3H3,(H,32,34). The van der Waals surface area contributed by atoms with Crippen LogP contribution in [0, 0.1) is 0 Å². The fourth-order valence-corrected chi connectivity index (χ4v) is 4.04. The molecule has 10 nitrogen and oxygen atoms in total. The van der Waals surface area contributed by atoms with E-state index in [9.17, 15) is 24.0 Å². The molecule has 0 fully saturated rings. The molecule has 3 amide bonds. The highest BCUT2D eigenvalue weighted by Gasteiger charge is 2.39. The lowest BCUT2D eigenvalue weighted by molar-refractivity contribution is -0.120. The molecule has 0 radical (unpaired) electrons. The lowest BCUT2D eigenvalue weighted by Crippen LogP contribution is -2.32. The third kappa shape index (κ3) is 6.02. The number of carbonyl (C=O) groups is 5. The molecule has 1 heterocycles. The molecular weight excluding hydrogens is 538 g/mol. The topological polar surface area (TPSA) is 131 Å². The number of benzene rings is 3. The second-order valence-corrected chi connectivity index (χ2v) is 9.25. The van der Waals surface area contributed by atoms with Crippen molar-refractivity contribution in [2.75, 3.05) is 22.6 Å². The highest BCUT2D eigenvalue weighted by Crippen LogP contribution is 2.31. The number of rotatable bonds is 8. The first-order valence-electron chi connectivity index (χ1n) is 12.1. The third-order valence-corrected chi connectivity index (χ3v) is 6.00. The zero-order valence-electron chi connectivity index (χ0n) is 21.7. The molecule has 0 unspecified atom stereocenters. The number of nitrogens with one attached hydrogen (secondary N) is 2. The Balaban J connectivity index is 1.50. The molecule has 0 saturated heterocycles. The maximum atomic E-state index is 13.2. The first-order chi connectivity index (χ1) is 19.1. The molecule has 0 aliphatic carbocycles. The Kier molecular flexibility index (Phi) is 8.30. The van der Waals surface area contributed by atoms with Gasteiger partial charge in [-0.2, -0.15) is 0 Å². The van der Waals surface area contributed by atoms with Gasteiger partial charge in [-0.1, -0.05) is 29.8 Å². The van der Waals surface area contributed by atoms with Gasteiger partial charge in [-0.15, -0.1) is 0 Å². The molecule has 0 spiro atoms. The van der Waals surface area contributed by atoms with Crippen LogP contribution < -0.4 is 15.5 Å². The van der Waals surface area contributed by atoms with Crippen molar-refractivity contribution < 1.29 is 33.4 Å². The second kappa shape index (κ2) is 11.8. The molecule has 0 bridgehead atoms. The van der Waals surface area contributed by atoms with Gasteiger partial charge in [0.2, 0.25) is 0 Å². The summed E-state index contributed by atoms with van der Waals surface area (Å²) in [7, 11) is 1.22. The molecular formula is C29H24ClN3O7. The number of methoxy groups -OCH3 is 1. The fraction of sp³-hybridized carbons (Fsp3) is 0.138. The summed E-state index contributed by atoms with van der Waals surface area (Å²) >= 11 is 6.23. The average molecular weight is 562 g/mol. The number of hydrogen-bond acceptors (Lipinski definition) is 8. The average Bonchev–Trinajstić information content (AvgIpc) is 3.15. The van der Waals surface area contributed by atoms with Crippen molar-refractivity contribution in [1.29, 1.82) is 0 Å². The van der Waals surface area contributed by atoms with Crippen LogP contribution in [0.15, 0.2) is 83.5 Å². The smallest absolute Gasteiger partial charge is 0.338 e. The number of esters is 2. The molecule has 40 heavy (non-hydrogen) atoms. The van der Waals surface area contributed by atoms with Gasteiger partial charge in [0.15, 0.2) is 0 Å². The van der Waals surface area contributed by atoms with Crippen molar-refractivity contribution in [3.05, 3.63) is 100 Å². The van der Waals surface area contributed by atoms with Gasteiger partial charge >= 0.3 is 11.9 Å². The van der Waals surface area contributed by atoms with Crippen molar-refractivity contribution in [2.24, 2.45) is 0 Å². The maximum absolute atomic E-state index is 13.2. The van der Waals surface area contributed by atoms with Crippen molar-refractivity contribution in [2.45, 2.75) is 20.0 Å². The summed E-state index contributed by atoms with van der Waals surface area (Å²) in [5.41, 5.74) is 1.32. The van der Waals surface area contributed by atoms with Gasteiger partial charge in [-0.25, -0.2) is 14.5 Å². The lowest BCUT2D eigenvalue weighted by Gasteiger charge is -2.16. The Morgan fingerprint density at radius 3 is 2.08 bits per heavy atom.